The Morgan fingerprint density at radius 2 is 1.79 bits per heavy atom. The van der Waals surface area contributed by atoms with Crippen molar-refractivity contribution >= 4 is 16.9 Å². The molecule has 0 spiro atoms. The molecule has 5 heteroatoms. The molecule has 0 aliphatic carbocycles. The highest BCUT2D eigenvalue weighted by Gasteiger charge is 2.14. The summed E-state index contributed by atoms with van der Waals surface area (Å²) in [6, 6.07) is 12.9. The minimum atomic E-state index is -0.330. The third-order valence-corrected chi connectivity index (χ3v) is 3.84. The highest BCUT2D eigenvalue weighted by atomic mass is 19.1. The van der Waals surface area contributed by atoms with Gasteiger partial charge in [-0.2, -0.15) is 0 Å². The van der Waals surface area contributed by atoms with Crippen LogP contribution in [0.15, 0.2) is 64.0 Å². The van der Waals surface area contributed by atoms with Crippen LogP contribution >= 0.6 is 0 Å². The first-order valence-corrected chi connectivity index (χ1v) is 7.54. The topological polar surface area (TPSA) is 50.5 Å². The summed E-state index contributed by atoms with van der Waals surface area (Å²) in [7, 11) is 0. The number of nitrogens with zero attached hydrogens (tertiary/aromatic N) is 1. The molecule has 4 nitrogen and oxygen atoms in total. The summed E-state index contributed by atoms with van der Waals surface area (Å²) in [6.07, 6.45) is 1.39. The van der Waals surface area contributed by atoms with Gasteiger partial charge < -0.3 is 9.32 Å². The summed E-state index contributed by atoms with van der Waals surface area (Å²) >= 11 is 0. The molecule has 0 bridgehead atoms. The number of hydrogen-bond acceptors (Lipinski definition) is 3. The van der Waals surface area contributed by atoms with Gasteiger partial charge in [0.25, 0.3) is 0 Å². The van der Waals surface area contributed by atoms with Crippen molar-refractivity contribution in [2.45, 2.75) is 20.0 Å². The fraction of sp³-hybridized carbons (Fsp3) is 0.158. The van der Waals surface area contributed by atoms with Crippen molar-refractivity contribution in [3.8, 4) is 0 Å². The Hall–Kier alpha value is -2.95. The van der Waals surface area contributed by atoms with E-state index >= 15 is 0 Å². The molecule has 1 heterocycles. The second kappa shape index (κ2) is 6.66. The van der Waals surface area contributed by atoms with E-state index in [1.54, 1.807) is 36.4 Å². The average molecular weight is 325 g/mol. The molecule has 0 aliphatic rings. The third-order valence-electron chi connectivity index (χ3n) is 3.84. The van der Waals surface area contributed by atoms with E-state index < -0.39 is 0 Å². The van der Waals surface area contributed by atoms with Gasteiger partial charge in [-0.1, -0.05) is 24.3 Å². The van der Waals surface area contributed by atoms with Crippen molar-refractivity contribution in [3.63, 3.8) is 0 Å². The zero-order valence-electron chi connectivity index (χ0n) is 13.2. The van der Waals surface area contributed by atoms with Crippen LogP contribution in [0.3, 0.4) is 0 Å². The molecule has 3 aromatic rings. The van der Waals surface area contributed by atoms with Gasteiger partial charge in [0.05, 0.1) is 23.8 Å². The Morgan fingerprint density at radius 3 is 2.50 bits per heavy atom. The van der Waals surface area contributed by atoms with Gasteiger partial charge in [0.15, 0.2) is 5.43 Å². The number of amides is 1. The van der Waals surface area contributed by atoms with Gasteiger partial charge in [-0.3, -0.25) is 9.59 Å². The van der Waals surface area contributed by atoms with Crippen molar-refractivity contribution in [1.82, 2.24) is 4.90 Å². The highest BCUT2D eigenvalue weighted by molar-refractivity contribution is 5.77. The zero-order chi connectivity index (χ0) is 17.1. The van der Waals surface area contributed by atoms with Gasteiger partial charge in [0.2, 0.25) is 5.91 Å². The number of fused-ring (bicyclic) bond motifs is 1. The smallest absolute Gasteiger partial charge is 0.220 e. The lowest BCUT2D eigenvalue weighted by Gasteiger charge is -2.21. The van der Waals surface area contributed by atoms with Crippen molar-refractivity contribution in [3.05, 3.63) is 82.0 Å². The lowest BCUT2D eigenvalue weighted by molar-refractivity contribution is -0.130. The first-order chi connectivity index (χ1) is 11.5. The SMILES string of the molecule is CC(=O)N(Cc1ccc(F)cc1)Cc1coc2ccccc2c1=O. The molecule has 0 atom stereocenters. The number of rotatable bonds is 4. The second-order valence-electron chi connectivity index (χ2n) is 5.59. The predicted molar refractivity (Wildman–Crippen MR) is 88.8 cm³/mol. The normalized spacial score (nSPS) is 10.8. The molecule has 1 amide bonds. The van der Waals surface area contributed by atoms with Crippen LogP contribution in [0.1, 0.15) is 18.1 Å². The van der Waals surface area contributed by atoms with E-state index in [0.29, 0.717) is 23.1 Å². The monoisotopic (exact) mass is 325 g/mol. The van der Waals surface area contributed by atoms with Gasteiger partial charge in [-0.25, -0.2) is 4.39 Å². The maximum Gasteiger partial charge on any atom is 0.220 e. The van der Waals surface area contributed by atoms with Gasteiger partial charge in [0.1, 0.15) is 11.4 Å². The van der Waals surface area contributed by atoms with Crippen LogP contribution in [0, 0.1) is 5.82 Å². The lowest BCUT2D eigenvalue weighted by atomic mass is 10.1. The molecule has 122 valence electrons. The number of carbonyl (C=O) groups excluding carboxylic acids is 1. The predicted octanol–water partition coefficient (Wildman–Crippen LogP) is 3.48. The standard InChI is InChI=1S/C19H16FNO3/c1-13(22)21(10-14-6-8-16(20)9-7-14)11-15-12-24-18-5-3-2-4-17(18)19(15)23/h2-9,12H,10-11H2,1H3. The van der Waals surface area contributed by atoms with Gasteiger partial charge >= 0.3 is 0 Å². The number of halogens is 1. The molecule has 0 saturated carbocycles. The second-order valence-corrected chi connectivity index (χ2v) is 5.59. The van der Waals surface area contributed by atoms with Gasteiger partial charge in [-0.05, 0) is 29.8 Å². The average Bonchev–Trinajstić information content (AvgIpc) is 2.58. The van der Waals surface area contributed by atoms with Crippen LogP contribution in [0.4, 0.5) is 4.39 Å². The zero-order valence-corrected chi connectivity index (χ0v) is 13.2. The first-order valence-electron chi connectivity index (χ1n) is 7.54. The Bertz CT molecular complexity index is 931. The van der Waals surface area contributed by atoms with Crippen LogP contribution in [0.5, 0.6) is 0 Å². The molecule has 0 radical (unpaired) electrons. The minimum absolute atomic E-state index is 0.139. The number of carbonyl (C=O) groups is 1. The van der Waals surface area contributed by atoms with E-state index in [4.69, 9.17) is 4.42 Å². The van der Waals surface area contributed by atoms with Gasteiger partial charge in [-0.15, -0.1) is 0 Å². The Morgan fingerprint density at radius 1 is 1.08 bits per heavy atom. The lowest BCUT2D eigenvalue weighted by Crippen LogP contribution is -2.30. The molecule has 0 unspecified atom stereocenters. The van der Waals surface area contributed by atoms with Crippen molar-refractivity contribution in [2.24, 2.45) is 0 Å². The molecule has 0 saturated heterocycles. The van der Waals surface area contributed by atoms with Crippen LogP contribution in [0.25, 0.3) is 11.0 Å². The summed E-state index contributed by atoms with van der Waals surface area (Å²) in [5, 5.41) is 0.486. The highest BCUT2D eigenvalue weighted by Crippen LogP contribution is 2.14. The molecule has 1 aromatic heterocycles. The van der Waals surface area contributed by atoms with Gasteiger partial charge in [0, 0.05) is 13.5 Å². The summed E-state index contributed by atoms with van der Waals surface area (Å²) < 4.78 is 18.5. The maximum absolute atomic E-state index is 13.0. The summed E-state index contributed by atoms with van der Waals surface area (Å²) in [4.78, 5) is 26.0. The fourth-order valence-electron chi connectivity index (χ4n) is 2.52. The van der Waals surface area contributed by atoms with Crippen molar-refractivity contribution < 1.29 is 13.6 Å². The van der Waals surface area contributed by atoms with Crippen LogP contribution in [0.2, 0.25) is 0 Å². The number of benzene rings is 2. The number of hydrogen-bond donors (Lipinski definition) is 0. The fourth-order valence-corrected chi connectivity index (χ4v) is 2.52. The number of para-hydroxylation sites is 1. The van der Waals surface area contributed by atoms with E-state index in [0.717, 1.165) is 5.56 Å². The van der Waals surface area contributed by atoms with E-state index in [2.05, 4.69) is 0 Å². The van der Waals surface area contributed by atoms with Crippen LogP contribution in [-0.2, 0) is 17.9 Å². The molecule has 2 aromatic carbocycles. The summed E-state index contributed by atoms with van der Waals surface area (Å²) in [6.45, 7) is 1.87. The maximum atomic E-state index is 13.0. The quantitative estimate of drug-likeness (QED) is 0.738. The van der Waals surface area contributed by atoms with Crippen molar-refractivity contribution in [1.29, 1.82) is 0 Å². The van der Waals surface area contributed by atoms with E-state index in [1.165, 1.54) is 30.2 Å². The Labute approximate surface area is 138 Å². The first kappa shape index (κ1) is 15.9. The summed E-state index contributed by atoms with van der Waals surface area (Å²) in [5.74, 6) is -0.504. The Balaban J connectivity index is 1.88. The molecule has 24 heavy (non-hydrogen) atoms. The molecule has 3 rings (SSSR count). The largest absolute Gasteiger partial charge is 0.464 e. The molecular formula is C19H16FNO3. The van der Waals surface area contributed by atoms with Crippen LogP contribution < -0.4 is 5.43 Å². The Kier molecular flexibility index (Phi) is 4.42. The summed E-state index contributed by atoms with van der Waals surface area (Å²) in [5.41, 5.74) is 1.56. The van der Waals surface area contributed by atoms with E-state index in [-0.39, 0.29) is 23.7 Å². The minimum Gasteiger partial charge on any atom is -0.464 e. The molecular weight excluding hydrogens is 309 g/mol. The van der Waals surface area contributed by atoms with Crippen molar-refractivity contribution in [2.75, 3.05) is 0 Å². The van der Waals surface area contributed by atoms with E-state index in [1.807, 2.05) is 0 Å². The van der Waals surface area contributed by atoms with Crippen LogP contribution in [-0.4, -0.2) is 10.8 Å². The van der Waals surface area contributed by atoms with E-state index in [9.17, 15) is 14.0 Å². The molecule has 0 fully saturated rings. The molecule has 0 aliphatic heterocycles. The molecule has 0 N–H and O–H groups in total. The third kappa shape index (κ3) is 3.35.